The van der Waals surface area contributed by atoms with Crippen molar-refractivity contribution in [2.45, 2.75) is 26.2 Å². The number of nitrogens with one attached hydrogen (secondary N) is 1. The van der Waals surface area contributed by atoms with E-state index in [0.717, 1.165) is 24.4 Å². The zero-order chi connectivity index (χ0) is 22.4. The highest BCUT2D eigenvalue weighted by Crippen LogP contribution is 2.40. The molecular weight excluding hydrogens is 439 g/mol. The van der Waals surface area contributed by atoms with Gasteiger partial charge in [0.1, 0.15) is 11.5 Å². The molecule has 1 heterocycles. The van der Waals surface area contributed by atoms with Gasteiger partial charge >= 0.3 is 0 Å². The summed E-state index contributed by atoms with van der Waals surface area (Å²) in [6, 6.07) is 8.86. The van der Waals surface area contributed by atoms with Crippen molar-refractivity contribution in [3.63, 3.8) is 0 Å². The lowest BCUT2D eigenvalue weighted by atomic mass is 10.0. The number of amides is 1. The van der Waals surface area contributed by atoms with Crippen LogP contribution < -0.4 is 14.8 Å². The van der Waals surface area contributed by atoms with E-state index in [9.17, 15) is 4.79 Å². The molecule has 1 aliphatic heterocycles. The molecule has 0 saturated carbocycles. The van der Waals surface area contributed by atoms with Crippen molar-refractivity contribution in [2.75, 3.05) is 45.3 Å². The highest BCUT2D eigenvalue weighted by atomic mass is 35.5. The average molecular weight is 467 g/mol. The zero-order valence-electron chi connectivity index (χ0n) is 18.0. The Labute approximate surface area is 193 Å². The molecule has 0 aliphatic carbocycles. The van der Waals surface area contributed by atoms with Gasteiger partial charge in [-0.25, -0.2) is 0 Å². The van der Waals surface area contributed by atoms with Gasteiger partial charge in [-0.15, -0.1) is 0 Å². The number of anilines is 1. The second-order valence-corrected chi connectivity index (χ2v) is 8.50. The van der Waals surface area contributed by atoms with Crippen LogP contribution >= 0.6 is 23.2 Å². The van der Waals surface area contributed by atoms with E-state index in [-0.39, 0.29) is 11.8 Å². The van der Waals surface area contributed by atoms with Gasteiger partial charge in [-0.05, 0) is 36.2 Å². The van der Waals surface area contributed by atoms with Crippen LogP contribution in [0.4, 0.5) is 5.69 Å². The summed E-state index contributed by atoms with van der Waals surface area (Å²) in [5.74, 6) is 1.92. The summed E-state index contributed by atoms with van der Waals surface area (Å²) in [6.45, 7) is 7.97. The fourth-order valence-corrected chi connectivity index (χ4v) is 3.95. The minimum Gasteiger partial charge on any atom is -0.496 e. The first-order valence-corrected chi connectivity index (χ1v) is 11.1. The molecule has 0 unspecified atom stereocenters. The predicted molar refractivity (Wildman–Crippen MR) is 124 cm³/mol. The Kier molecular flexibility index (Phi) is 8.43. The molecule has 0 aromatic heterocycles. The number of morpholine rings is 1. The SMILES string of the molecule is COc1ccc(Oc2c(Cl)cc(NC(=O)CCN3CCOCC3)cc2Cl)cc1C(C)C. The molecule has 0 bridgehead atoms. The van der Waals surface area contributed by atoms with Crippen molar-refractivity contribution in [3.8, 4) is 17.2 Å². The summed E-state index contributed by atoms with van der Waals surface area (Å²) in [7, 11) is 1.64. The topological polar surface area (TPSA) is 60.0 Å². The number of hydrogen-bond acceptors (Lipinski definition) is 5. The number of hydrogen-bond donors (Lipinski definition) is 1. The maximum absolute atomic E-state index is 12.3. The second kappa shape index (κ2) is 11.0. The number of nitrogens with zero attached hydrogens (tertiary/aromatic N) is 1. The van der Waals surface area contributed by atoms with E-state index in [2.05, 4.69) is 24.1 Å². The van der Waals surface area contributed by atoms with Crippen LogP contribution in [0.2, 0.25) is 10.0 Å². The van der Waals surface area contributed by atoms with E-state index >= 15 is 0 Å². The van der Waals surface area contributed by atoms with Gasteiger partial charge in [-0.1, -0.05) is 37.0 Å². The van der Waals surface area contributed by atoms with E-state index in [1.165, 1.54) is 0 Å². The maximum atomic E-state index is 12.3. The maximum Gasteiger partial charge on any atom is 0.225 e. The fourth-order valence-electron chi connectivity index (χ4n) is 3.38. The van der Waals surface area contributed by atoms with Gasteiger partial charge in [0, 0.05) is 37.3 Å². The van der Waals surface area contributed by atoms with E-state index in [1.807, 2.05) is 12.1 Å². The summed E-state index contributed by atoms with van der Waals surface area (Å²) in [5.41, 5.74) is 1.56. The van der Waals surface area contributed by atoms with E-state index < -0.39 is 0 Å². The molecule has 3 rings (SSSR count). The molecule has 8 heteroatoms. The van der Waals surface area contributed by atoms with E-state index in [0.29, 0.717) is 53.4 Å². The van der Waals surface area contributed by atoms with Crippen LogP contribution in [-0.4, -0.2) is 50.8 Å². The van der Waals surface area contributed by atoms with Crippen molar-refractivity contribution >= 4 is 34.8 Å². The zero-order valence-corrected chi connectivity index (χ0v) is 19.6. The standard InChI is InChI=1S/C23H28Cl2N2O4/c1-15(2)18-14-17(4-5-21(18)29-3)31-23-19(24)12-16(13-20(23)25)26-22(28)6-7-27-8-10-30-11-9-27/h4-5,12-15H,6-11H2,1-3H3,(H,26,28). The van der Waals surface area contributed by atoms with Crippen LogP contribution in [0.15, 0.2) is 30.3 Å². The van der Waals surface area contributed by atoms with Crippen molar-refractivity contribution in [1.29, 1.82) is 0 Å². The summed E-state index contributed by atoms with van der Waals surface area (Å²) in [4.78, 5) is 14.5. The normalized spacial score (nSPS) is 14.5. The first-order chi connectivity index (χ1) is 14.9. The van der Waals surface area contributed by atoms with Crippen molar-refractivity contribution < 1.29 is 19.0 Å². The lowest BCUT2D eigenvalue weighted by Crippen LogP contribution is -2.38. The first kappa shape index (κ1) is 23.7. The van der Waals surface area contributed by atoms with Crippen LogP contribution in [-0.2, 0) is 9.53 Å². The van der Waals surface area contributed by atoms with Crippen molar-refractivity contribution in [3.05, 3.63) is 45.9 Å². The van der Waals surface area contributed by atoms with Gasteiger partial charge in [-0.2, -0.15) is 0 Å². The second-order valence-electron chi connectivity index (χ2n) is 7.68. The van der Waals surface area contributed by atoms with Crippen LogP contribution in [0.3, 0.4) is 0 Å². The molecule has 6 nitrogen and oxygen atoms in total. The summed E-state index contributed by atoms with van der Waals surface area (Å²) in [6.07, 6.45) is 0.386. The fraction of sp³-hybridized carbons (Fsp3) is 0.435. The highest BCUT2D eigenvalue weighted by molar-refractivity contribution is 6.37. The molecule has 1 N–H and O–H groups in total. The Hall–Kier alpha value is -1.99. The summed E-state index contributed by atoms with van der Waals surface area (Å²) < 4.78 is 16.7. The van der Waals surface area contributed by atoms with Gasteiger partial charge in [0.15, 0.2) is 5.75 Å². The first-order valence-electron chi connectivity index (χ1n) is 10.3. The molecule has 2 aromatic rings. The van der Waals surface area contributed by atoms with Gasteiger partial charge in [0.2, 0.25) is 5.91 Å². The van der Waals surface area contributed by atoms with Gasteiger partial charge in [-0.3, -0.25) is 9.69 Å². The van der Waals surface area contributed by atoms with E-state index in [1.54, 1.807) is 25.3 Å². The summed E-state index contributed by atoms with van der Waals surface area (Å²) >= 11 is 12.8. The Bertz CT molecular complexity index is 891. The Morgan fingerprint density at radius 2 is 1.84 bits per heavy atom. The molecule has 0 atom stereocenters. The largest absolute Gasteiger partial charge is 0.496 e. The number of benzene rings is 2. The Morgan fingerprint density at radius 3 is 2.45 bits per heavy atom. The monoisotopic (exact) mass is 466 g/mol. The molecule has 1 saturated heterocycles. The third kappa shape index (κ3) is 6.50. The third-order valence-electron chi connectivity index (χ3n) is 5.08. The van der Waals surface area contributed by atoms with Crippen LogP contribution in [0.1, 0.15) is 31.7 Å². The molecule has 1 amide bonds. The Balaban J connectivity index is 1.66. The van der Waals surface area contributed by atoms with Crippen molar-refractivity contribution in [1.82, 2.24) is 4.90 Å². The van der Waals surface area contributed by atoms with Gasteiger partial charge < -0.3 is 19.5 Å². The number of rotatable bonds is 8. The lowest BCUT2D eigenvalue weighted by Gasteiger charge is -2.26. The molecule has 0 spiro atoms. The molecule has 31 heavy (non-hydrogen) atoms. The average Bonchev–Trinajstić information content (AvgIpc) is 2.75. The smallest absolute Gasteiger partial charge is 0.225 e. The number of carbonyl (C=O) groups excluding carboxylic acids is 1. The van der Waals surface area contributed by atoms with E-state index in [4.69, 9.17) is 37.4 Å². The molecule has 2 aromatic carbocycles. The van der Waals surface area contributed by atoms with Gasteiger partial charge in [0.25, 0.3) is 0 Å². The molecule has 0 radical (unpaired) electrons. The molecule has 1 fully saturated rings. The number of ether oxygens (including phenoxy) is 3. The summed E-state index contributed by atoms with van der Waals surface area (Å²) in [5, 5.41) is 3.49. The van der Waals surface area contributed by atoms with Gasteiger partial charge in [0.05, 0.1) is 30.4 Å². The number of halogens is 2. The predicted octanol–water partition coefficient (Wildman–Crippen LogP) is 5.58. The Morgan fingerprint density at radius 1 is 1.16 bits per heavy atom. The lowest BCUT2D eigenvalue weighted by molar-refractivity contribution is -0.116. The third-order valence-corrected chi connectivity index (χ3v) is 5.65. The molecule has 1 aliphatic rings. The minimum atomic E-state index is -0.0935. The molecular formula is C23H28Cl2N2O4. The van der Waals surface area contributed by atoms with Crippen LogP contribution in [0.5, 0.6) is 17.2 Å². The number of carbonyl (C=O) groups is 1. The highest BCUT2D eigenvalue weighted by Gasteiger charge is 2.16. The van der Waals surface area contributed by atoms with Crippen molar-refractivity contribution in [2.24, 2.45) is 0 Å². The quantitative estimate of drug-likeness (QED) is 0.550. The van der Waals surface area contributed by atoms with Crippen LogP contribution in [0, 0.1) is 0 Å². The number of methoxy groups -OCH3 is 1. The van der Waals surface area contributed by atoms with Crippen LogP contribution in [0.25, 0.3) is 0 Å². The minimum absolute atomic E-state index is 0.0935. The molecule has 168 valence electrons.